The molecule has 6 aromatic rings. The molecule has 0 aliphatic carbocycles. The molecular formula is C33H46Cl4N10O3. The van der Waals surface area contributed by atoms with E-state index in [-0.39, 0.29) is 55.7 Å². The Morgan fingerprint density at radius 1 is 0.720 bits per heavy atom. The molecule has 2 aliphatic rings. The van der Waals surface area contributed by atoms with Crippen LogP contribution >= 0.6 is 49.6 Å². The second-order valence-corrected chi connectivity index (χ2v) is 11.7. The summed E-state index contributed by atoms with van der Waals surface area (Å²) in [5.41, 5.74) is 3.56. The molecule has 13 nitrogen and oxygen atoms in total. The van der Waals surface area contributed by atoms with E-state index < -0.39 is 0 Å². The summed E-state index contributed by atoms with van der Waals surface area (Å²) in [6.07, 6.45) is 9.02. The number of aliphatic hydroxyl groups is 1. The molecule has 0 spiro atoms. The Morgan fingerprint density at radius 3 is 1.48 bits per heavy atom. The molecule has 5 N–H and O–H groups in total. The van der Waals surface area contributed by atoms with Crippen molar-refractivity contribution in [3.8, 4) is 0 Å². The molecule has 2 saturated heterocycles. The molecule has 2 atom stereocenters. The number of nitrogens with one attached hydrogen (secondary N) is 4. The Balaban J connectivity index is 0.000000292. The summed E-state index contributed by atoms with van der Waals surface area (Å²) in [5.74, 6) is 3.50. The molecule has 50 heavy (non-hydrogen) atoms. The molecule has 0 amide bonds. The molecular weight excluding hydrogens is 726 g/mol. The maximum Gasteiger partial charge on any atom is 0.205 e. The number of nitrogens with zero attached hydrogens (tertiary/aromatic N) is 6. The first-order valence-corrected chi connectivity index (χ1v) is 15.8. The van der Waals surface area contributed by atoms with E-state index in [0.29, 0.717) is 25.2 Å². The molecule has 0 radical (unpaired) electrons. The third-order valence-corrected chi connectivity index (χ3v) is 7.58. The quantitative estimate of drug-likeness (QED) is 0.128. The lowest BCUT2D eigenvalue weighted by atomic mass is 10.3. The van der Waals surface area contributed by atoms with Crippen LogP contribution in [0.5, 0.6) is 0 Å². The van der Waals surface area contributed by atoms with E-state index in [1.807, 2.05) is 48.5 Å². The van der Waals surface area contributed by atoms with Crippen molar-refractivity contribution in [3.05, 3.63) is 85.0 Å². The van der Waals surface area contributed by atoms with Crippen LogP contribution in [0.15, 0.2) is 82.3 Å². The summed E-state index contributed by atoms with van der Waals surface area (Å²) in [6, 6.07) is 16.4. The van der Waals surface area contributed by atoms with Crippen LogP contribution in [0, 0.1) is 0 Å². The van der Waals surface area contributed by atoms with Crippen LogP contribution in [-0.4, -0.2) is 78.5 Å². The Kier molecular flexibility index (Phi) is 17.9. The number of hydrogen-bond acceptors (Lipinski definition) is 11. The number of halogens is 4. The van der Waals surface area contributed by atoms with Crippen LogP contribution in [0.2, 0.25) is 0 Å². The van der Waals surface area contributed by atoms with Crippen LogP contribution in [0.4, 0.5) is 11.9 Å². The van der Waals surface area contributed by atoms with E-state index in [1.54, 1.807) is 38.8 Å². The fourth-order valence-electron chi connectivity index (χ4n) is 5.47. The molecule has 8 rings (SSSR count). The van der Waals surface area contributed by atoms with Crippen molar-refractivity contribution in [2.45, 2.75) is 58.0 Å². The largest absolute Gasteiger partial charge is 0.467 e. The van der Waals surface area contributed by atoms with Gasteiger partial charge in [0.25, 0.3) is 0 Å². The maximum atomic E-state index is 8.06. The zero-order valence-electron chi connectivity index (χ0n) is 27.9. The summed E-state index contributed by atoms with van der Waals surface area (Å²) in [6.45, 7) is 8.74. The first kappa shape index (κ1) is 42.6. The second kappa shape index (κ2) is 21.0. The zero-order chi connectivity index (χ0) is 31.7. The fraction of sp³-hybridized carbons (Fsp3) is 0.394. The highest BCUT2D eigenvalue weighted by Gasteiger charge is 2.20. The molecule has 274 valence electrons. The first-order chi connectivity index (χ1) is 22.5. The number of aromatic nitrogens is 6. The van der Waals surface area contributed by atoms with Crippen molar-refractivity contribution in [2.24, 2.45) is 0 Å². The van der Waals surface area contributed by atoms with Crippen molar-refractivity contribution in [3.63, 3.8) is 0 Å². The van der Waals surface area contributed by atoms with Crippen molar-refractivity contribution in [1.29, 1.82) is 0 Å². The number of hydrogen-bond donors (Lipinski definition) is 5. The van der Waals surface area contributed by atoms with Gasteiger partial charge in [-0.15, -0.1) is 49.6 Å². The van der Waals surface area contributed by atoms with Gasteiger partial charge in [-0.25, -0.2) is 19.9 Å². The Morgan fingerprint density at radius 2 is 1.14 bits per heavy atom. The summed E-state index contributed by atoms with van der Waals surface area (Å²) in [4.78, 5) is 18.3. The van der Waals surface area contributed by atoms with Crippen molar-refractivity contribution >= 4 is 83.9 Å². The van der Waals surface area contributed by atoms with Gasteiger partial charge in [0.2, 0.25) is 11.9 Å². The minimum Gasteiger partial charge on any atom is -0.467 e. The molecule has 2 fully saturated rings. The van der Waals surface area contributed by atoms with E-state index in [2.05, 4.69) is 50.3 Å². The Hall–Kier alpha value is -3.56. The highest BCUT2D eigenvalue weighted by atomic mass is 35.5. The molecule has 8 heterocycles. The SMILES string of the molecule is CC(C)O.Cl.Cl.Cl.Cl.c1coc(Cn2c(NC3CCNC3)nc3cccnc32)c1.c1coc(Cn2c(NC3CCNC3)nc3cccnc32)c1. The number of pyridine rings is 2. The van der Waals surface area contributed by atoms with E-state index in [4.69, 9.17) is 13.9 Å². The monoisotopic (exact) mass is 770 g/mol. The summed E-state index contributed by atoms with van der Waals surface area (Å²) >= 11 is 0. The molecule has 2 unspecified atom stereocenters. The third kappa shape index (κ3) is 11.2. The third-order valence-electron chi connectivity index (χ3n) is 7.58. The molecule has 17 heteroatoms. The van der Waals surface area contributed by atoms with Gasteiger partial charge < -0.3 is 35.2 Å². The van der Waals surface area contributed by atoms with Gasteiger partial charge in [-0.1, -0.05) is 0 Å². The fourth-order valence-corrected chi connectivity index (χ4v) is 5.47. The van der Waals surface area contributed by atoms with Gasteiger partial charge in [0.05, 0.1) is 25.6 Å². The predicted octanol–water partition coefficient (Wildman–Crippen LogP) is 5.77. The van der Waals surface area contributed by atoms with Gasteiger partial charge >= 0.3 is 0 Å². The van der Waals surface area contributed by atoms with Gasteiger partial charge in [-0.3, -0.25) is 9.13 Å². The van der Waals surface area contributed by atoms with E-state index in [9.17, 15) is 0 Å². The van der Waals surface area contributed by atoms with Crippen molar-refractivity contribution in [2.75, 3.05) is 36.8 Å². The normalized spacial score (nSPS) is 16.2. The van der Waals surface area contributed by atoms with Crippen LogP contribution in [-0.2, 0) is 13.1 Å². The topological polar surface area (TPSA) is 156 Å². The summed E-state index contributed by atoms with van der Waals surface area (Å²) in [7, 11) is 0. The second-order valence-electron chi connectivity index (χ2n) is 11.7. The standard InChI is InChI=1S/2C15H17N5O.C3H8O.4ClH/c2*1-4-13-14(17-6-1)20(10-12-3-2-8-21-12)15(19-13)18-11-5-7-16-9-11;1-3(2)4;;;;/h2*1-4,6,8,11,16H,5,7,9-10H2,(H,18,19);3-4H,1-2H3;4*1H. The number of furan rings is 2. The average Bonchev–Trinajstić information content (AvgIpc) is 3.90. The zero-order valence-corrected chi connectivity index (χ0v) is 31.2. The minimum atomic E-state index is -0.167. The van der Waals surface area contributed by atoms with Gasteiger partial charge in [0.1, 0.15) is 22.6 Å². The van der Waals surface area contributed by atoms with Gasteiger partial charge in [-0.2, -0.15) is 0 Å². The summed E-state index contributed by atoms with van der Waals surface area (Å²) < 4.78 is 15.1. The number of anilines is 2. The maximum absolute atomic E-state index is 8.06. The first-order valence-electron chi connectivity index (χ1n) is 15.8. The van der Waals surface area contributed by atoms with Crippen LogP contribution in [0.25, 0.3) is 22.3 Å². The molecule has 0 saturated carbocycles. The van der Waals surface area contributed by atoms with E-state index >= 15 is 0 Å². The van der Waals surface area contributed by atoms with Gasteiger partial charge in [-0.05, 0) is 88.3 Å². The smallest absolute Gasteiger partial charge is 0.205 e. The highest BCUT2D eigenvalue weighted by molar-refractivity contribution is 5.86. The minimum absolute atomic E-state index is 0. The average molecular weight is 773 g/mol. The lowest BCUT2D eigenvalue weighted by molar-refractivity contribution is 0.216. The number of aliphatic hydroxyl groups excluding tert-OH is 1. The summed E-state index contributed by atoms with van der Waals surface area (Å²) in [5, 5.41) is 21.8. The lowest BCUT2D eigenvalue weighted by Gasteiger charge is -2.13. The lowest BCUT2D eigenvalue weighted by Crippen LogP contribution is -2.24. The van der Waals surface area contributed by atoms with Crippen LogP contribution in [0.1, 0.15) is 38.2 Å². The molecule has 0 aromatic carbocycles. The van der Waals surface area contributed by atoms with Crippen molar-refractivity contribution < 1.29 is 13.9 Å². The molecule has 2 aliphatic heterocycles. The highest BCUT2D eigenvalue weighted by Crippen LogP contribution is 2.22. The van der Waals surface area contributed by atoms with Gasteiger partial charge in [0, 0.05) is 43.7 Å². The Labute approximate surface area is 316 Å². The number of fused-ring (bicyclic) bond motifs is 2. The Bertz CT molecular complexity index is 1660. The molecule has 6 aromatic heterocycles. The van der Waals surface area contributed by atoms with Crippen LogP contribution < -0.4 is 21.3 Å². The van der Waals surface area contributed by atoms with Crippen LogP contribution in [0.3, 0.4) is 0 Å². The number of rotatable bonds is 8. The van der Waals surface area contributed by atoms with Crippen molar-refractivity contribution in [1.82, 2.24) is 39.7 Å². The molecule has 0 bridgehead atoms. The van der Waals surface area contributed by atoms with Gasteiger partial charge in [0.15, 0.2) is 11.3 Å². The van der Waals surface area contributed by atoms with E-state index in [1.165, 1.54) is 0 Å². The number of imidazole rings is 2. The predicted molar refractivity (Wildman–Crippen MR) is 207 cm³/mol. The van der Waals surface area contributed by atoms with E-state index in [0.717, 1.165) is 84.8 Å².